The van der Waals surface area contributed by atoms with Crippen molar-refractivity contribution >= 4 is 28.4 Å². The third kappa shape index (κ3) is 2.63. The normalized spacial score (nSPS) is 8.33. The van der Waals surface area contributed by atoms with Gasteiger partial charge in [-0.25, -0.2) is 0 Å². The zero-order valence-corrected chi connectivity index (χ0v) is 5.86. The SMILES string of the molecule is CCC(=O)CI. The van der Waals surface area contributed by atoms with Crippen LogP contribution in [0.5, 0.6) is 0 Å². The number of rotatable bonds is 2. The van der Waals surface area contributed by atoms with E-state index in [2.05, 4.69) is 22.6 Å². The van der Waals surface area contributed by atoms with E-state index in [0.717, 1.165) is 0 Å². The Morgan fingerprint density at radius 2 is 2.33 bits per heavy atom. The fraction of sp³-hybridized carbons (Fsp3) is 0.750. The molecule has 0 aliphatic carbocycles. The summed E-state index contributed by atoms with van der Waals surface area (Å²) in [5.74, 6) is 0.329. The molecule has 0 aliphatic heterocycles. The number of halogens is 1. The molecule has 6 heavy (non-hydrogen) atoms. The van der Waals surface area contributed by atoms with Crippen LogP contribution in [0, 0.1) is 0 Å². The molecule has 0 aromatic carbocycles. The predicted octanol–water partition coefficient (Wildman–Crippen LogP) is 1.40. The number of ketones is 1. The molecule has 1 nitrogen and oxygen atoms in total. The zero-order valence-electron chi connectivity index (χ0n) is 3.70. The Kier molecular flexibility index (Phi) is 3.82. The van der Waals surface area contributed by atoms with Gasteiger partial charge in [-0.1, -0.05) is 29.5 Å². The highest BCUT2D eigenvalue weighted by atomic mass is 127. The van der Waals surface area contributed by atoms with E-state index in [1.54, 1.807) is 0 Å². The molecule has 0 amide bonds. The summed E-state index contributed by atoms with van der Waals surface area (Å²) < 4.78 is 0.661. The van der Waals surface area contributed by atoms with Crippen molar-refractivity contribution in [1.29, 1.82) is 0 Å². The summed E-state index contributed by atoms with van der Waals surface area (Å²) >= 11 is 2.06. The van der Waals surface area contributed by atoms with Crippen molar-refractivity contribution in [2.75, 3.05) is 4.43 Å². The van der Waals surface area contributed by atoms with E-state index < -0.39 is 0 Å². The molecule has 2 heteroatoms. The summed E-state index contributed by atoms with van der Waals surface area (Å²) in [5, 5.41) is 0. The minimum absolute atomic E-state index is 0.329. The lowest BCUT2D eigenvalue weighted by molar-refractivity contribution is -0.116. The van der Waals surface area contributed by atoms with Crippen LogP contribution < -0.4 is 0 Å². The van der Waals surface area contributed by atoms with E-state index in [4.69, 9.17) is 0 Å². The second-order valence-corrected chi connectivity index (χ2v) is 1.79. The van der Waals surface area contributed by atoms with E-state index >= 15 is 0 Å². The van der Waals surface area contributed by atoms with Crippen molar-refractivity contribution in [3.63, 3.8) is 0 Å². The molecule has 0 atom stereocenters. The molecule has 0 heterocycles. The van der Waals surface area contributed by atoms with Crippen LogP contribution in [-0.2, 0) is 4.79 Å². The number of carbonyl (C=O) groups excluding carboxylic acids is 1. The van der Waals surface area contributed by atoms with Crippen molar-refractivity contribution in [2.45, 2.75) is 13.3 Å². The summed E-state index contributed by atoms with van der Waals surface area (Å²) in [6.45, 7) is 1.88. The summed E-state index contributed by atoms with van der Waals surface area (Å²) in [6, 6.07) is 0. The van der Waals surface area contributed by atoms with E-state index in [0.29, 0.717) is 16.6 Å². The van der Waals surface area contributed by atoms with Gasteiger partial charge in [-0.3, -0.25) is 4.79 Å². The zero-order chi connectivity index (χ0) is 4.99. The standard InChI is InChI=1S/C4H7IO/c1-2-4(6)3-5/h2-3H2,1H3. The van der Waals surface area contributed by atoms with Crippen LogP contribution in [0.4, 0.5) is 0 Å². The van der Waals surface area contributed by atoms with Gasteiger partial charge in [0.2, 0.25) is 0 Å². The second kappa shape index (κ2) is 3.59. The summed E-state index contributed by atoms with van der Waals surface area (Å²) in [7, 11) is 0. The van der Waals surface area contributed by atoms with Gasteiger partial charge in [0.1, 0.15) is 5.78 Å². The molecular weight excluding hydrogens is 191 g/mol. The highest BCUT2D eigenvalue weighted by Crippen LogP contribution is 1.85. The molecule has 0 aromatic rings. The molecule has 0 saturated carbocycles. The number of hydrogen-bond donors (Lipinski definition) is 0. The minimum Gasteiger partial charge on any atom is -0.299 e. The van der Waals surface area contributed by atoms with Gasteiger partial charge in [-0.05, 0) is 0 Å². The molecule has 0 spiro atoms. The Bertz CT molecular complexity index is 45.5. The van der Waals surface area contributed by atoms with Crippen molar-refractivity contribution in [3.05, 3.63) is 0 Å². The molecule has 0 unspecified atom stereocenters. The third-order valence-electron chi connectivity index (χ3n) is 0.543. The number of hydrogen-bond acceptors (Lipinski definition) is 1. The van der Waals surface area contributed by atoms with E-state index in [-0.39, 0.29) is 0 Å². The van der Waals surface area contributed by atoms with Crippen LogP contribution in [0.1, 0.15) is 13.3 Å². The second-order valence-electron chi connectivity index (χ2n) is 1.03. The number of alkyl halides is 1. The van der Waals surface area contributed by atoms with E-state index in [1.165, 1.54) is 0 Å². The molecule has 0 rings (SSSR count). The van der Waals surface area contributed by atoms with Crippen molar-refractivity contribution in [3.8, 4) is 0 Å². The first-order chi connectivity index (χ1) is 2.81. The lowest BCUT2D eigenvalue weighted by Gasteiger charge is -1.79. The average Bonchev–Trinajstić information content (AvgIpc) is 1.65. The van der Waals surface area contributed by atoms with Crippen molar-refractivity contribution < 1.29 is 4.79 Å². The Labute approximate surface area is 51.3 Å². The maximum absolute atomic E-state index is 10.2. The number of carbonyl (C=O) groups is 1. The van der Waals surface area contributed by atoms with Crippen LogP contribution >= 0.6 is 22.6 Å². The molecular formula is C4H7IO. The Balaban J connectivity index is 2.99. The molecule has 0 N–H and O–H groups in total. The number of Topliss-reactive ketones (excluding diaryl/α,β-unsaturated/α-hetero) is 1. The fourth-order valence-electron chi connectivity index (χ4n) is 0.0945. The molecule has 0 radical (unpaired) electrons. The third-order valence-corrected chi connectivity index (χ3v) is 1.39. The molecule has 0 bridgehead atoms. The van der Waals surface area contributed by atoms with Crippen LogP contribution in [0.2, 0.25) is 0 Å². The molecule has 0 aliphatic rings. The maximum atomic E-state index is 10.2. The highest BCUT2D eigenvalue weighted by Gasteiger charge is 1.88. The highest BCUT2D eigenvalue weighted by molar-refractivity contribution is 14.1. The van der Waals surface area contributed by atoms with Gasteiger partial charge in [0.25, 0.3) is 0 Å². The lowest BCUT2D eigenvalue weighted by Crippen LogP contribution is -1.92. The first-order valence-electron chi connectivity index (χ1n) is 1.89. The van der Waals surface area contributed by atoms with Gasteiger partial charge in [-0.15, -0.1) is 0 Å². The monoisotopic (exact) mass is 198 g/mol. The summed E-state index contributed by atoms with van der Waals surface area (Å²) in [4.78, 5) is 10.2. The molecule has 0 saturated heterocycles. The van der Waals surface area contributed by atoms with Crippen LogP contribution in [-0.4, -0.2) is 10.2 Å². The van der Waals surface area contributed by atoms with Crippen molar-refractivity contribution in [2.24, 2.45) is 0 Å². The van der Waals surface area contributed by atoms with E-state index in [9.17, 15) is 4.79 Å². The van der Waals surface area contributed by atoms with Crippen LogP contribution in [0.15, 0.2) is 0 Å². The van der Waals surface area contributed by atoms with E-state index in [1.807, 2.05) is 6.92 Å². The van der Waals surface area contributed by atoms with Gasteiger partial charge in [0.15, 0.2) is 0 Å². The topological polar surface area (TPSA) is 17.1 Å². The van der Waals surface area contributed by atoms with Gasteiger partial charge in [-0.2, -0.15) is 0 Å². The Morgan fingerprint density at radius 3 is 2.33 bits per heavy atom. The molecule has 0 aromatic heterocycles. The summed E-state index contributed by atoms with van der Waals surface area (Å²) in [5.41, 5.74) is 0. The predicted molar refractivity (Wildman–Crippen MR) is 34.2 cm³/mol. The quantitative estimate of drug-likeness (QED) is 0.484. The minimum atomic E-state index is 0.329. The Morgan fingerprint density at radius 1 is 1.83 bits per heavy atom. The first kappa shape index (κ1) is 6.40. The Hall–Kier alpha value is 0.400. The smallest absolute Gasteiger partial charge is 0.142 e. The van der Waals surface area contributed by atoms with Gasteiger partial charge in [0, 0.05) is 6.42 Å². The largest absolute Gasteiger partial charge is 0.299 e. The van der Waals surface area contributed by atoms with Gasteiger partial charge >= 0.3 is 0 Å². The molecule has 0 fully saturated rings. The molecule has 36 valence electrons. The summed E-state index contributed by atoms with van der Waals surface area (Å²) in [6.07, 6.45) is 0.683. The maximum Gasteiger partial charge on any atom is 0.142 e. The van der Waals surface area contributed by atoms with Gasteiger partial charge < -0.3 is 0 Å². The fourth-order valence-corrected chi connectivity index (χ4v) is 0.634. The first-order valence-corrected chi connectivity index (χ1v) is 3.41. The van der Waals surface area contributed by atoms with Crippen LogP contribution in [0.3, 0.4) is 0 Å². The van der Waals surface area contributed by atoms with Crippen LogP contribution in [0.25, 0.3) is 0 Å². The average molecular weight is 198 g/mol. The van der Waals surface area contributed by atoms with Gasteiger partial charge in [0.05, 0.1) is 4.43 Å². The van der Waals surface area contributed by atoms with Crippen molar-refractivity contribution in [1.82, 2.24) is 0 Å². The lowest BCUT2D eigenvalue weighted by atomic mass is 10.4.